The number of ether oxygens (including phenoxy) is 3. The summed E-state index contributed by atoms with van der Waals surface area (Å²) in [4.78, 5) is 23.1. The third kappa shape index (κ3) is 4.53. The molecule has 3 fully saturated rings. The summed E-state index contributed by atoms with van der Waals surface area (Å²) in [7, 11) is 0. The van der Waals surface area contributed by atoms with Crippen LogP contribution < -0.4 is 0 Å². The summed E-state index contributed by atoms with van der Waals surface area (Å²) in [6.07, 6.45) is 6.14. The summed E-state index contributed by atoms with van der Waals surface area (Å²) in [5.41, 5.74) is 0.353. The molecule has 1 aliphatic carbocycles. The van der Waals surface area contributed by atoms with E-state index in [1.165, 1.54) is 6.33 Å². The van der Waals surface area contributed by atoms with Crippen LogP contribution in [0, 0.1) is 15.4 Å². The molecular formula is C24H32ClIN4O4. The number of aromatic nitrogens is 3. The SMILES string of the molecule is CC(C)(C)OC(=O)N1CCC([C@H]2C[C@H](n3cc(I)c4c(Cl)ncnc43)[C@@H]3OC(C)(C)O[C@@H]32)CC1. The van der Waals surface area contributed by atoms with Gasteiger partial charge >= 0.3 is 6.09 Å². The number of halogens is 2. The maximum absolute atomic E-state index is 12.5. The summed E-state index contributed by atoms with van der Waals surface area (Å²) >= 11 is 8.70. The normalized spacial score (nSPS) is 29.6. The molecule has 0 unspecified atom stereocenters. The third-order valence-electron chi connectivity index (χ3n) is 7.15. The largest absolute Gasteiger partial charge is 0.444 e. The molecule has 2 aromatic heterocycles. The Balaban J connectivity index is 1.37. The van der Waals surface area contributed by atoms with Crippen molar-refractivity contribution in [3.8, 4) is 0 Å². The number of likely N-dealkylation sites (tertiary alicyclic amines) is 1. The predicted octanol–water partition coefficient (Wildman–Crippen LogP) is 5.42. The zero-order valence-electron chi connectivity index (χ0n) is 20.3. The quantitative estimate of drug-likeness (QED) is 0.338. The number of carbonyl (C=O) groups is 1. The lowest BCUT2D eigenvalue weighted by Crippen LogP contribution is -2.44. The van der Waals surface area contributed by atoms with Gasteiger partial charge in [-0.05, 0) is 88.3 Å². The summed E-state index contributed by atoms with van der Waals surface area (Å²) in [6, 6.07) is 0.0950. The van der Waals surface area contributed by atoms with Gasteiger partial charge < -0.3 is 23.7 Å². The maximum atomic E-state index is 12.5. The number of nitrogens with zero attached hydrogens (tertiary/aromatic N) is 4. The van der Waals surface area contributed by atoms with Crippen LogP contribution in [0.25, 0.3) is 11.0 Å². The molecule has 2 saturated heterocycles. The highest BCUT2D eigenvalue weighted by Gasteiger charge is 2.56. The maximum Gasteiger partial charge on any atom is 0.410 e. The van der Waals surface area contributed by atoms with E-state index < -0.39 is 11.4 Å². The van der Waals surface area contributed by atoms with Gasteiger partial charge in [-0.2, -0.15) is 0 Å². The number of carbonyl (C=O) groups excluding carboxylic acids is 1. The summed E-state index contributed by atoms with van der Waals surface area (Å²) in [5.74, 6) is 0.157. The summed E-state index contributed by atoms with van der Waals surface area (Å²) < 4.78 is 21.7. The van der Waals surface area contributed by atoms with Crippen LogP contribution in [0.4, 0.5) is 4.79 Å². The molecule has 0 bridgehead atoms. The molecule has 0 N–H and O–H groups in total. The highest BCUT2D eigenvalue weighted by Crippen LogP contribution is 2.52. The summed E-state index contributed by atoms with van der Waals surface area (Å²) in [5, 5.41) is 1.35. The van der Waals surface area contributed by atoms with Gasteiger partial charge in [-0.1, -0.05) is 11.6 Å². The second-order valence-electron chi connectivity index (χ2n) is 11.1. The monoisotopic (exact) mass is 602 g/mol. The minimum atomic E-state index is -0.633. The number of fused-ring (bicyclic) bond motifs is 2. The number of piperidine rings is 1. The molecule has 10 heteroatoms. The van der Waals surface area contributed by atoms with E-state index in [0.717, 1.165) is 33.9 Å². The van der Waals surface area contributed by atoms with Crippen LogP contribution in [-0.2, 0) is 14.2 Å². The van der Waals surface area contributed by atoms with Crippen molar-refractivity contribution in [2.24, 2.45) is 11.8 Å². The van der Waals surface area contributed by atoms with Gasteiger partial charge in [0.1, 0.15) is 28.8 Å². The van der Waals surface area contributed by atoms with Crippen molar-refractivity contribution in [2.75, 3.05) is 13.1 Å². The van der Waals surface area contributed by atoms with Gasteiger partial charge in [0, 0.05) is 22.9 Å². The van der Waals surface area contributed by atoms with Crippen molar-refractivity contribution >= 4 is 51.3 Å². The van der Waals surface area contributed by atoms with E-state index in [-0.39, 0.29) is 24.3 Å². The molecule has 2 aliphatic heterocycles. The van der Waals surface area contributed by atoms with Gasteiger partial charge in [-0.3, -0.25) is 0 Å². The molecule has 0 spiro atoms. The molecule has 4 atom stereocenters. The standard InChI is InChI=1S/C24H32ClIN4O4/c1-23(2,3)34-22(31)29-8-6-13(7-9-29)14-10-16(19-18(14)32-24(4,5)33-19)30-11-15(26)17-20(25)27-12-28-21(17)30/h11-14,16,18-19H,6-10H2,1-5H3/t14-,16+,18-,19+/m1/s1. The lowest BCUT2D eigenvalue weighted by Gasteiger charge is -2.37. The molecule has 3 aliphatic rings. The predicted molar refractivity (Wildman–Crippen MR) is 137 cm³/mol. The van der Waals surface area contributed by atoms with E-state index in [9.17, 15) is 4.79 Å². The number of amides is 1. The van der Waals surface area contributed by atoms with E-state index in [0.29, 0.717) is 30.1 Å². The number of hydrogen-bond acceptors (Lipinski definition) is 6. The Morgan fingerprint density at radius 3 is 2.56 bits per heavy atom. The van der Waals surface area contributed by atoms with Crippen molar-refractivity contribution in [3.05, 3.63) is 21.2 Å². The highest BCUT2D eigenvalue weighted by atomic mass is 127. The minimum absolute atomic E-state index is 0.00509. The molecule has 2 aromatic rings. The topological polar surface area (TPSA) is 78.7 Å². The fraction of sp³-hybridized carbons (Fsp3) is 0.708. The third-order valence-corrected chi connectivity index (χ3v) is 8.25. The van der Waals surface area contributed by atoms with Crippen LogP contribution in [0.1, 0.15) is 59.9 Å². The van der Waals surface area contributed by atoms with Gasteiger partial charge in [0.15, 0.2) is 5.79 Å². The van der Waals surface area contributed by atoms with Gasteiger partial charge in [0.05, 0.1) is 17.5 Å². The lowest BCUT2D eigenvalue weighted by molar-refractivity contribution is -0.163. The Kier molecular flexibility index (Phi) is 6.30. The smallest absolute Gasteiger partial charge is 0.410 e. The molecule has 34 heavy (non-hydrogen) atoms. The molecule has 4 heterocycles. The van der Waals surface area contributed by atoms with Crippen molar-refractivity contribution in [1.29, 1.82) is 0 Å². The molecular weight excluding hydrogens is 571 g/mol. The number of rotatable bonds is 2. The highest BCUT2D eigenvalue weighted by molar-refractivity contribution is 14.1. The van der Waals surface area contributed by atoms with E-state index in [1.807, 2.05) is 39.5 Å². The fourth-order valence-corrected chi connectivity index (χ4v) is 7.01. The Morgan fingerprint density at radius 2 is 1.88 bits per heavy atom. The first-order valence-corrected chi connectivity index (χ1v) is 13.4. The second kappa shape index (κ2) is 8.74. The molecule has 186 valence electrons. The molecule has 8 nitrogen and oxygen atoms in total. The first-order chi connectivity index (χ1) is 15.9. The van der Waals surface area contributed by atoms with Crippen molar-refractivity contribution in [1.82, 2.24) is 19.4 Å². The van der Waals surface area contributed by atoms with Crippen LogP contribution in [-0.4, -0.2) is 62.2 Å². The Morgan fingerprint density at radius 1 is 1.21 bits per heavy atom. The van der Waals surface area contributed by atoms with Gasteiger partial charge in [-0.25, -0.2) is 14.8 Å². The Labute approximate surface area is 218 Å². The van der Waals surface area contributed by atoms with Gasteiger partial charge in [0.2, 0.25) is 0 Å². The lowest BCUT2D eigenvalue weighted by atomic mass is 9.82. The first-order valence-electron chi connectivity index (χ1n) is 11.9. The zero-order valence-corrected chi connectivity index (χ0v) is 23.2. The van der Waals surface area contributed by atoms with Crippen LogP contribution in [0.15, 0.2) is 12.5 Å². The molecule has 0 aromatic carbocycles. The molecule has 5 rings (SSSR count). The van der Waals surface area contributed by atoms with E-state index >= 15 is 0 Å². The fourth-order valence-electron chi connectivity index (χ4n) is 5.82. The zero-order chi connectivity index (χ0) is 24.4. The van der Waals surface area contributed by atoms with Crippen LogP contribution >= 0.6 is 34.2 Å². The van der Waals surface area contributed by atoms with Crippen LogP contribution in [0.2, 0.25) is 5.15 Å². The van der Waals surface area contributed by atoms with Gasteiger partial charge in [0.25, 0.3) is 0 Å². The average molecular weight is 603 g/mol. The summed E-state index contributed by atoms with van der Waals surface area (Å²) in [6.45, 7) is 11.1. The molecule has 1 saturated carbocycles. The Hall–Kier alpha value is -1.17. The van der Waals surface area contributed by atoms with E-state index in [1.54, 1.807) is 0 Å². The van der Waals surface area contributed by atoms with Crippen LogP contribution in [0.5, 0.6) is 0 Å². The van der Waals surface area contributed by atoms with Crippen LogP contribution in [0.3, 0.4) is 0 Å². The van der Waals surface area contributed by atoms with Crippen molar-refractivity contribution in [2.45, 2.75) is 83.5 Å². The molecule has 1 amide bonds. The van der Waals surface area contributed by atoms with Crippen molar-refractivity contribution < 1.29 is 19.0 Å². The first kappa shape index (κ1) is 24.5. The van der Waals surface area contributed by atoms with Crippen molar-refractivity contribution in [3.63, 3.8) is 0 Å². The number of hydrogen-bond donors (Lipinski definition) is 0. The second-order valence-corrected chi connectivity index (χ2v) is 12.6. The minimum Gasteiger partial charge on any atom is -0.444 e. The van der Waals surface area contributed by atoms with E-state index in [2.05, 4.69) is 43.3 Å². The van der Waals surface area contributed by atoms with E-state index in [4.69, 9.17) is 25.8 Å². The molecule has 0 radical (unpaired) electrons. The average Bonchev–Trinajstić information content (AvgIpc) is 3.35. The van der Waals surface area contributed by atoms with Gasteiger partial charge in [-0.15, -0.1) is 0 Å². The Bertz CT molecular complexity index is 1090.